The van der Waals surface area contributed by atoms with Crippen molar-refractivity contribution in [1.29, 1.82) is 0 Å². The van der Waals surface area contributed by atoms with E-state index in [0.29, 0.717) is 36.8 Å². The lowest BCUT2D eigenvalue weighted by atomic mass is 10.1. The maximum Gasteiger partial charge on any atom is 0.164 e. The van der Waals surface area contributed by atoms with Crippen molar-refractivity contribution in [2.24, 2.45) is 0 Å². The van der Waals surface area contributed by atoms with Crippen LogP contribution in [0.5, 0.6) is 5.75 Å². The summed E-state index contributed by atoms with van der Waals surface area (Å²) >= 11 is 0. The average molecular weight is 469 g/mol. The van der Waals surface area contributed by atoms with Crippen molar-refractivity contribution < 1.29 is 14.6 Å². The van der Waals surface area contributed by atoms with Crippen LogP contribution in [0.4, 0.5) is 11.6 Å². The summed E-state index contributed by atoms with van der Waals surface area (Å²) in [5, 5.41) is 16.6. The van der Waals surface area contributed by atoms with E-state index in [1.807, 2.05) is 31.3 Å². The number of aliphatic hydroxyl groups excluding tert-OH is 1. The molecule has 0 spiro atoms. The van der Waals surface area contributed by atoms with E-state index in [9.17, 15) is 5.11 Å². The van der Waals surface area contributed by atoms with E-state index in [1.165, 1.54) is 6.42 Å². The van der Waals surface area contributed by atoms with E-state index in [0.717, 1.165) is 48.9 Å². The van der Waals surface area contributed by atoms with Crippen LogP contribution in [0.25, 0.3) is 11.4 Å². The van der Waals surface area contributed by atoms with Gasteiger partial charge in [0, 0.05) is 49.5 Å². The van der Waals surface area contributed by atoms with Gasteiger partial charge in [-0.15, -0.1) is 0 Å². The van der Waals surface area contributed by atoms with Gasteiger partial charge in [0.2, 0.25) is 0 Å². The number of piperazine rings is 1. The van der Waals surface area contributed by atoms with Crippen LogP contribution in [0.15, 0.2) is 24.3 Å². The highest BCUT2D eigenvalue weighted by Crippen LogP contribution is 2.37. The highest BCUT2D eigenvalue weighted by Gasteiger charge is 2.42. The third kappa shape index (κ3) is 4.84. The smallest absolute Gasteiger partial charge is 0.164 e. The van der Waals surface area contributed by atoms with Gasteiger partial charge in [-0.25, -0.2) is 9.97 Å². The molecule has 3 fully saturated rings. The Morgan fingerprint density at radius 3 is 2.85 bits per heavy atom. The largest absolute Gasteiger partial charge is 0.491 e. The van der Waals surface area contributed by atoms with Gasteiger partial charge in [-0.3, -0.25) is 4.90 Å². The number of nitrogens with one attached hydrogen (secondary N) is 2. The van der Waals surface area contributed by atoms with Crippen molar-refractivity contribution in [2.45, 2.75) is 44.0 Å². The van der Waals surface area contributed by atoms with E-state index in [4.69, 9.17) is 19.4 Å². The summed E-state index contributed by atoms with van der Waals surface area (Å²) in [7, 11) is 4.02. The second kappa shape index (κ2) is 10.0. The Morgan fingerprint density at radius 2 is 2.15 bits per heavy atom. The molecule has 2 bridgehead atoms. The lowest BCUT2D eigenvalue weighted by Gasteiger charge is -2.34. The number of hydrogen-bond acceptors (Lipinski definition) is 9. The second-order valence-electron chi connectivity index (χ2n) is 9.73. The minimum Gasteiger partial charge on any atom is -0.491 e. The molecule has 184 valence electrons. The zero-order valence-electron chi connectivity index (χ0n) is 20.3. The van der Waals surface area contributed by atoms with E-state index in [2.05, 4.69) is 34.4 Å². The molecule has 3 aliphatic heterocycles. The van der Waals surface area contributed by atoms with Crippen LogP contribution < -0.4 is 20.3 Å². The fraction of sp³-hybridized carbons (Fsp3) is 0.600. The minimum absolute atomic E-state index is 0.225. The van der Waals surface area contributed by atoms with Crippen LogP contribution in [0.2, 0.25) is 0 Å². The molecule has 4 heterocycles. The molecule has 2 aromatic rings. The van der Waals surface area contributed by atoms with Gasteiger partial charge < -0.3 is 30.1 Å². The summed E-state index contributed by atoms with van der Waals surface area (Å²) in [5.41, 5.74) is 1.99. The van der Waals surface area contributed by atoms with E-state index in [-0.39, 0.29) is 12.6 Å². The Hall–Kier alpha value is -2.46. The molecule has 3 saturated heterocycles. The third-order valence-corrected chi connectivity index (χ3v) is 7.15. The van der Waals surface area contributed by atoms with Crippen LogP contribution in [-0.2, 0) is 4.74 Å². The van der Waals surface area contributed by atoms with Crippen LogP contribution in [0.1, 0.15) is 18.4 Å². The van der Waals surface area contributed by atoms with Gasteiger partial charge in [-0.05, 0) is 46.0 Å². The molecule has 0 amide bonds. The van der Waals surface area contributed by atoms with Gasteiger partial charge in [0.15, 0.2) is 5.82 Å². The monoisotopic (exact) mass is 468 g/mol. The van der Waals surface area contributed by atoms with Crippen LogP contribution in [0, 0.1) is 6.92 Å². The third-order valence-electron chi connectivity index (χ3n) is 7.15. The first-order valence-corrected chi connectivity index (χ1v) is 12.3. The molecule has 5 rings (SSSR count). The summed E-state index contributed by atoms with van der Waals surface area (Å²) in [6.45, 7) is 6.38. The zero-order valence-corrected chi connectivity index (χ0v) is 20.3. The fourth-order valence-corrected chi connectivity index (χ4v) is 5.23. The van der Waals surface area contributed by atoms with Crippen molar-refractivity contribution in [1.82, 2.24) is 20.2 Å². The van der Waals surface area contributed by atoms with Crippen molar-refractivity contribution in [3.63, 3.8) is 0 Å². The molecule has 0 aliphatic carbocycles. The molecule has 9 heteroatoms. The molecule has 1 aromatic heterocycles. The minimum atomic E-state index is -0.566. The van der Waals surface area contributed by atoms with Gasteiger partial charge in [0.05, 0.1) is 12.6 Å². The summed E-state index contributed by atoms with van der Waals surface area (Å²) in [4.78, 5) is 15.0. The standard InChI is InChI=1S/C25H36N6O3/c1-16-23(27-18-7-8-33-14-18)28-24(29-25(16)31-13-19-10-20(31)12-30(19)3)17-5-4-6-22(9-17)34-15-21(32)11-26-2/h4-6,9,18-21,26,32H,7-8,10-15H2,1-3H3,(H,27,28,29)/t18-,19-,20-,21?/m1/s1. The lowest BCUT2D eigenvalue weighted by molar-refractivity contribution is 0.108. The van der Waals surface area contributed by atoms with E-state index >= 15 is 0 Å². The molecule has 9 nitrogen and oxygen atoms in total. The Balaban J connectivity index is 1.45. The number of ether oxygens (including phenoxy) is 2. The maximum absolute atomic E-state index is 9.99. The predicted molar refractivity (Wildman–Crippen MR) is 133 cm³/mol. The molecular weight excluding hydrogens is 432 g/mol. The first-order chi connectivity index (χ1) is 16.5. The number of benzene rings is 1. The van der Waals surface area contributed by atoms with Crippen LogP contribution >= 0.6 is 0 Å². The van der Waals surface area contributed by atoms with E-state index in [1.54, 1.807) is 0 Å². The van der Waals surface area contributed by atoms with Gasteiger partial charge in [0.1, 0.15) is 30.1 Å². The highest BCUT2D eigenvalue weighted by atomic mass is 16.5. The van der Waals surface area contributed by atoms with Crippen molar-refractivity contribution in [3.05, 3.63) is 29.8 Å². The molecule has 1 unspecified atom stereocenters. The molecule has 0 radical (unpaired) electrons. The highest BCUT2D eigenvalue weighted by molar-refractivity contribution is 5.68. The zero-order chi connectivity index (χ0) is 23.7. The predicted octanol–water partition coefficient (Wildman–Crippen LogP) is 1.50. The molecule has 1 aromatic carbocycles. The number of nitrogens with zero attached hydrogens (tertiary/aromatic N) is 4. The van der Waals surface area contributed by atoms with Gasteiger partial charge in [0.25, 0.3) is 0 Å². The summed E-state index contributed by atoms with van der Waals surface area (Å²) in [5.74, 6) is 3.27. The topological polar surface area (TPSA) is 95.0 Å². The van der Waals surface area contributed by atoms with E-state index < -0.39 is 6.10 Å². The number of anilines is 2. The summed E-state index contributed by atoms with van der Waals surface area (Å²) in [6.07, 6.45) is 1.60. The molecule has 4 atom stereocenters. The molecule has 3 N–H and O–H groups in total. The Morgan fingerprint density at radius 1 is 1.26 bits per heavy atom. The molecule has 0 saturated carbocycles. The normalized spacial score (nSPS) is 25.2. The average Bonchev–Trinajstić information content (AvgIpc) is 3.57. The number of likely N-dealkylation sites (N-methyl/N-ethyl adjacent to an activating group) is 2. The summed E-state index contributed by atoms with van der Waals surface area (Å²) in [6, 6.07) is 9.15. The van der Waals surface area contributed by atoms with Crippen molar-refractivity contribution >= 4 is 11.6 Å². The lowest BCUT2D eigenvalue weighted by Crippen LogP contribution is -2.45. The first kappa shape index (κ1) is 23.3. The van der Waals surface area contributed by atoms with Crippen LogP contribution in [0.3, 0.4) is 0 Å². The Labute approximate surface area is 201 Å². The second-order valence-corrected chi connectivity index (χ2v) is 9.73. The number of rotatable bonds is 9. The quantitative estimate of drug-likeness (QED) is 0.506. The molecular formula is C25H36N6O3. The molecule has 3 aliphatic rings. The number of likely N-dealkylation sites (tertiary alicyclic amines) is 1. The summed E-state index contributed by atoms with van der Waals surface area (Å²) < 4.78 is 11.4. The SMILES string of the molecule is CNCC(O)COc1cccc(-c2nc(N[C@@H]3CCOC3)c(C)c(N3C[C@H]4C[C@@H]3CN4C)n2)c1. The molecule has 34 heavy (non-hydrogen) atoms. The Bertz CT molecular complexity index is 997. The number of hydrogen-bond donors (Lipinski definition) is 3. The maximum atomic E-state index is 9.99. The fourth-order valence-electron chi connectivity index (χ4n) is 5.23. The Kier molecular flexibility index (Phi) is 6.87. The van der Waals surface area contributed by atoms with Crippen molar-refractivity contribution in [3.8, 4) is 17.1 Å². The van der Waals surface area contributed by atoms with Gasteiger partial charge >= 0.3 is 0 Å². The van der Waals surface area contributed by atoms with Crippen LogP contribution in [-0.4, -0.2) is 97.8 Å². The van der Waals surface area contributed by atoms with Crippen molar-refractivity contribution in [2.75, 3.05) is 63.8 Å². The number of aliphatic hydroxyl groups is 1. The first-order valence-electron chi connectivity index (χ1n) is 12.3. The van der Waals surface area contributed by atoms with Gasteiger partial charge in [-0.2, -0.15) is 0 Å². The number of fused-ring (bicyclic) bond motifs is 2. The number of aromatic nitrogens is 2. The van der Waals surface area contributed by atoms with Gasteiger partial charge in [-0.1, -0.05) is 12.1 Å².